The molecule has 112 valence electrons. The summed E-state index contributed by atoms with van der Waals surface area (Å²) in [6.07, 6.45) is 0. The largest absolute Gasteiger partial charge is 0.478 e. The predicted octanol–water partition coefficient (Wildman–Crippen LogP) is 3.19. The van der Waals surface area contributed by atoms with Crippen LogP contribution in [0.2, 0.25) is 0 Å². The fraction of sp³-hybridized carbons (Fsp3) is 0.118. The minimum Gasteiger partial charge on any atom is -0.478 e. The molecule has 0 bridgehead atoms. The van der Waals surface area contributed by atoms with Gasteiger partial charge in [-0.2, -0.15) is 0 Å². The highest BCUT2D eigenvalue weighted by molar-refractivity contribution is 6.03. The van der Waals surface area contributed by atoms with E-state index in [0.29, 0.717) is 17.9 Å². The number of aromatic nitrogens is 1. The number of nitrogens with two attached hydrogens (primary N) is 2. The van der Waals surface area contributed by atoms with Gasteiger partial charge in [0.1, 0.15) is 0 Å². The molecule has 0 aliphatic carbocycles. The zero-order valence-corrected chi connectivity index (χ0v) is 12.2. The molecule has 22 heavy (non-hydrogen) atoms. The molecule has 0 unspecified atom stereocenters. The second-order valence-electron chi connectivity index (χ2n) is 5.17. The van der Waals surface area contributed by atoms with Gasteiger partial charge in [-0.25, -0.2) is 4.79 Å². The third-order valence-corrected chi connectivity index (χ3v) is 3.85. The highest BCUT2D eigenvalue weighted by Crippen LogP contribution is 2.36. The van der Waals surface area contributed by atoms with Crippen molar-refractivity contribution in [2.24, 2.45) is 0 Å². The SMILES string of the molecule is CCn1c(-c2ccc(N)cc2)c(N)c2ccc(C(=O)O)cc21. The molecule has 1 aromatic heterocycles. The van der Waals surface area contributed by atoms with Crippen LogP contribution in [0.25, 0.3) is 22.2 Å². The number of carbonyl (C=O) groups is 1. The van der Waals surface area contributed by atoms with Crippen LogP contribution in [0, 0.1) is 0 Å². The van der Waals surface area contributed by atoms with Gasteiger partial charge in [0.15, 0.2) is 0 Å². The van der Waals surface area contributed by atoms with Crippen LogP contribution in [0.4, 0.5) is 11.4 Å². The van der Waals surface area contributed by atoms with Crippen LogP contribution >= 0.6 is 0 Å². The zero-order valence-electron chi connectivity index (χ0n) is 12.2. The number of nitrogen functional groups attached to an aromatic ring is 2. The molecular formula is C17H17N3O2. The van der Waals surface area contributed by atoms with Crippen LogP contribution in [-0.2, 0) is 6.54 Å². The zero-order chi connectivity index (χ0) is 15.9. The lowest BCUT2D eigenvalue weighted by Gasteiger charge is -2.09. The van der Waals surface area contributed by atoms with Crippen molar-refractivity contribution in [3.05, 3.63) is 48.0 Å². The van der Waals surface area contributed by atoms with Gasteiger partial charge in [-0.1, -0.05) is 12.1 Å². The Morgan fingerprint density at radius 3 is 2.41 bits per heavy atom. The van der Waals surface area contributed by atoms with Crippen LogP contribution in [0.1, 0.15) is 17.3 Å². The van der Waals surface area contributed by atoms with Crippen molar-refractivity contribution in [1.29, 1.82) is 0 Å². The summed E-state index contributed by atoms with van der Waals surface area (Å²) in [5.74, 6) is -0.946. The van der Waals surface area contributed by atoms with Crippen LogP contribution < -0.4 is 11.5 Å². The Hall–Kier alpha value is -2.95. The van der Waals surface area contributed by atoms with E-state index in [4.69, 9.17) is 11.5 Å². The van der Waals surface area contributed by atoms with Gasteiger partial charge in [-0.05, 0) is 37.3 Å². The van der Waals surface area contributed by atoms with Gasteiger partial charge in [0.05, 0.1) is 22.5 Å². The molecule has 0 spiro atoms. The summed E-state index contributed by atoms with van der Waals surface area (Å²) in [5, 5.41) is 10.0. The molecule has 0 amide bonds. The van der Waals surface area contributed by atoms with Crippen molar-refractivity contribution >= 4 is 28.2 Å². The molecule has 3 aromatic rings. The van der Waals surface area contributed by atoms with E-state index in [9.17, 15) is 9.90 Å². The first-order valence-corrected chi connectivity index (χ1v) is 7.04. The van der Waals surface area contributed by atoms with E-state index < -0.39 is 5.97 Å². The fourth-order valence-electron chi connectivity index (χ4n) is 2.79. The molecule has 0 saturated heterocycles. The van der Waals surface area contributed by atoms with Gasteiger partial charge in [0.25, 0.3) is 0 Å². The first kappa shape index (κ1) is 14.0. The second kappa shape index (κ2) is 5.11. The Bertz CT molecular complexity index is 864. The minimum atomic E-state index is -0.946. The molecule has 0 fully saturated rings. The van der Waals surface area contributed by atoms with Crippen LogP contribution in [0.3, 0.4) is 0 Å². The number of aromatic carboxylic acids is 1. The van der Waals surface area contributed by atoms with Crippen molar-refractivity contribution < 1.29 is 9.90 Å². The minimum absolute atomic E-state index is 0.253. The Balaban J connectivity index is 2.32. The maximum Gasteiger partial charge on any atom is 0.335 e. The number of hydrogen-bond donors (Lipinski definition) is 3. The van der Waals surface area contributed by atoms with Gasteiger partial charge in [-0.3, -0.25) is 0 Å². The maximum atomic E-state index is 11.2. The molecule has 0 saturated carbocycles. The fourth-order valence-corrected chi connectivity index (χ4v) is 2.79. The molecule has 0 aliphatic rings. The predicted molar refractivity (Wildman–Crippen MR) is 88.8 cm³/mol. The number of hydrogen-bond acceptors (Lipinski definition) is 3. The summed E-state index contributed by atoms with van der Waals surface area (Å²) < 4.78 is 2.03. The smallest absolute Gasteiger partial charge is 0.335 e. The second-order valence-corrected chi connectivity index (χ2v) is 5.17. The summed E-state index contributed by atoms with van der Waals surface area (Å²) in [5.41, 5.74) is 16.3. The number of anilines is 2. The molecule has 0 radical (unpaired) electrons. The summed E-state index contributed by atoms with van der Waals surface area (Å²) in [7, 11) is 0. The molecule has 5 N–H and O–H groups in total. The molecule has 0 aliphatic heterocycles. The van der Waals surface area contributed by atoms with Crippen molar-refractivity contribution in [3.8, 4) is 11.3 Å². The summed E-state index contributed by atoms with van der Waals surface area (Å²) >= 11 is 0. The highest BCUT2D eigenvalue weighted by Gasteiger charge is 2.17. The van der Waals surface area contributed by atoms with Gasteiger partial charge in [-0.15, -0.1) is 0 Å². The quantitative estimate of drug-likeness (QED) is 0.647. The van der Waals surface area contributed by atoms with E-state index in [1.54, 1.807) is 18.2 Å². The van der Waals surface area contributed by atoms with E-state index in [1.165, 1.54) is 0 Å². The number of fused-ring (bicyclic) bond motifs is 1. The third kappa shape index (κ3) is 2.07. The number of benzene rings is 2. The topological polar surface area (TPSA) is 94.3 Å². The van der Waals surface area contributed by atoms with Crippen LogP contribution in [0.15, 0.2) is 42.5 Å². The Kier molecular flexibility index (Phi) is 3.25. The van der Waals surface area contributed by atoms with Gasteiger partial charge >= 0.3 is 5.97 Å². The molecule has 0 atom stereocenters. The first-order chi connectivity index (χ1) is 10.5. The summed E-state index contributed by atoms with van der Waals surface area (Å²) in [4.78, 5) is 11.2. The van der Waals surface area contributed by atoms with Crippen molar-refractivity contribution in [2.45, 2.75) is 13.5 Å². The average Bonchev–Trinajstić information content (AvgIpc) is 2.80. The summed E-state index contributed by atoms with van der Waals surface area (Å²) in [6, 6.07) is 12.5. The van der Waals surface area contributed by atoms with E-state index in [2.05, 4.69) is 0 Å². The number of nitrogens with zero attached hydrogens (tertiary/aromatic N) is 1. The van der Waals surface area contributed by atoms with Crippen LogP contribution in [0.5, 0.6) is 0 Å². The lowest BCUT2D eigenvalue weighted by Crippen LogP contribution is -2.00. The average molecular weight is 295 g/mol. The Morgan fingerprint density at radius 2 is 1.82 bits per heavy atom. The lowest BCUT2D eigenvalue weighted by atomic mass is 10.1. The maximum absolute atomic E-state index is 11.2. The van der Waals surface area contributed by atoms with Crippen LogP contribution in [-0.4, -0.2) is 15.6 Å². The highest BCUT2D eigenvalue weighted by atomic mass is 16.4. The first-order valence-electron chi connectivity index (χ1n) is 7.04. The lowest BCUT2D eigenvalue weighted by molar-refractivity contribution is 0.0697. The number of aryl methyl sites for hydroxylation is 1. The Labute approximate surface area is 127 Å². The van der Waals surface area contributed by atoms with Gasteiger partial charge < -0.3 is 21.1 Å². The number of carboxylic acids is 1. The van der Waals surface area contributed by atoms with E-state index in [0.717, 1.165) is 22.2 Å². The Morgan fingerprint density at radius 1 is 1.14 bits per heavy atom. The van der Waals surface area contributed by atoms with Gasteiger partial charge in [0, 0.05) is 23.2 Å². The molecular weight excluding hydrogens is 278 g/mol. The number of rotatable bonds is 3. The normalized spacial score (nSPS) is 11.0. The van der Waals surface area contributed by atoms with Crippen molar-refractivity contribution in [2.75, 3.05) is 11.5 Å². The molecule has 2 aromatic carbocycles. The molecule has 5 heteroatoms. The van der Waals surface area contributed by atoms with Crippen molar-refractivity contribution in [1.82, 2.24) is 4.57 Å². The standard InChI is InChI=1S/C17H17N3O2/c1-2-20-14-9-11(17(21)22)5-8-13(14)15(19)16(20)10-3-6-12(18)7-4-10/h3-9H,2,18-19H2,1H3,(H,21,22). The van der Waals surface area contributed by atoms with Crippen molar-refractivity contribution in [3.63, 3.8) is 0 Å². The third-order valence-electron chi connectivity index (χ3n) is 3.85. The molecule has 1 heterocycles. The van der Waals surface area contributed by atoms with Gasteiger partial charge in [0.2, 0.25) is 0 Å². The number of carboxylic acid groups (broad SMARTS) is 1. The monoisotopic (exact) mass is 295 g/mol. The molecule has 5 nitrogen and oxygen atoms in total. The summed E-state index contributed by atoms with van der Waals surface area (Å²) in [6.45, 7) is 2.70. The van der Waals surface area contributed by atoms with E-state index in [1.807, 2.05) is 35.8 Å². The van der Waals surface area contributed by atoms with E-state index in [-0.39, 0.29) is 5.56 Å². The molecule has 3 rings (SSSR count). The van der Waals surface area contributed by atoms with E-state index >= 15 is 0 Å².